The molecule has 20 heavy (non-hydrogen) atoms. The van der Waals surface area contributed by atoms with Crippen LogP contribution in [0, 0.1) is 0 Å². The van der Waals surface area contributed by atoms with E-state index in [-0.39, 0.29) is 0 Å². The lowest BCUT2D eigenvalue weighted by atomic mass is 10.3. The van der Waals surface area contributed by atoms with E-state index in [4.69, 9.17) is 0 Å². The van der Waals surface area contributed by atoms with E-state index in [9.17, 15) is 9.59 Å². The van der Waals surface area contributed by atoms with Gasteiger partial charge in [0.2, 0.25) is 12.8 Å². The summed E-state index contributed by atoms with van der Waals surface area (Å²) in [6.45, 7) is 0. The van der Waals surface area contributed by atoms with Crippen molar-refractivity contribution in [2.45, 2.75) is 0 Å². The summed E-state index contributed by atoms with van der Waals surface area (Å²) in [5.41, 5.74) is 2.75. The van der Waals surface area contributed by atoms with Crippen LogP contribution in [-0.2, 0) is 9.59 Å². The molecule has 2 N–H and O–H groups in total. The third-order valence-corrected chi connectivity index (χ3v) is 2.47. The summed E-state index contributed by atoms with van der Waals surface area (Å²) in [5.74, 6) is 0. The lowest BCUT2D eigenvalue weighted by molar-refractivity contribution is -0.106. The van der Waals surface area contributed by atoms with E-state index >= 15 is 0 Å². The minimum Gasteiger partial charge on any atom is -0.329 e. The van der Waals surface area contributed by atoms with Crippen molar-refractivity contribution in [2.75, 3.05) is 10.6 Å². The number of nitrogens with zero attached hydrogens (tertiary/aromatic N) is 2. The van der Waals surface area contributed by atoms with Crippen molar-refractivity contribution in [3.63, 3.8) is 0 Å². The summed E-state index contributed by atoms with van der Waals surface area (Å²) >= 11 is 0. The Hall–Kier alpha value is -3.02. The summed E-state index contributed by atoms with van der Waals surface area (Å²) in [4.78, 5) is 20.5. The fraction of sp³-hybridized carbons (Fsp3) is 0. The number of hydrogen-bond acceptors (Lipinski definition) is 4. The van der Waals surface area contributed by atoms with E-state index in [2.05, 4.69) is 20.9 Å². The second kappa shape index (κ2) is 6.79. The average Bonchev–Trinajstić information content (AvgIpc) is 2.49. The van der Waals surface area contributed by atoms with Gasteiger partial charge in [0.05, 0.1) is 11.4 Å². The van der Waals surface area contributed by atoms with E-state index < -0.39 is 0 Å². The molecule has 2 aromatic rings. The van der Waals surface area contributed by atoms with Gasteiger partial charge in [-0.3, -0.25) is 9.59 Å². The third kappa shape index (κ3) is 3.74. The van der Waals surface area contributed by atoms with Crippen molar-refractivity contribution < 1.29 is 9.59 Å². The number of anilines is 2. The normalized spacial score (nSPS) is 10.2. The van der Waals surface area contributed by atoms with Gasteiger partial charge in [0.25, 0.3) is 0 Å². The van der Waals surface area contributed by atoms with Gasteiger partial charge in [-0.05, 0) is 48.5 Å². The number of amides is 2. The number of carbonyl (C=O) groups is 2. The van der Waals surface area contributed by atoms with Crippen molar-refractivity contribution in [2.24, 2.45) is 10.2 Å². The minimum absolute atomic E-state index is 0.617. The first-order valence-corrected chi connectivity index (χ1v) is 5.84. The molecule has 0 radical (unpaired) electrons. The van der Waals surface area contributed by atoms with E-state index in [1.165, 1.54) is 0 Å². The molecule has 2 aromatic carbocycles. The van der Waals surface area contributed by atoms with Crippen molar-refractivity contribution in [1.29, 1.82) is 0 Å². The number of benzene rings is 2. The van der Waals surface area contributed by atoms with Crippen LogP contribution in [0.15, 0.2) is 58.8 Å². The molecule has 6 nitrogen and oxygen atoms in total. The second-order valence-corrected chi connectivity index (χ2v) is 3.82. The zero-order valence-electron chi connectivity index (χ0n) is 10.5. The quantitative estimate of drug-likeness (QED) is 0.622. The maximum Gasteiger partial charge on any atom is 0.211 e. The molecular formula is C14H12N4O2. The zero-order valence-corrected chi connectivity index (χ0v) is 10.5. The van der Waals surface area contributed by atoms with Gasteiger partial charge in [-0.15, -0.1) is 0 Å². The van der Waals surface area contributed by atoms with Gasteiger partial charge in [-0.1, -0.05) is 0 Å². The summed E-state index contributed by atoms with van der Waals surface area (Å²) in [6.07, 6.45) is 1.23. The van der Waals surface area contributed by atoms with E-state index in [0.29, 0.717) is 35.6 Å². The summed E-state index contributed by atoms with van der Waals surface area (Å²) < 4.78 is 0. The smallest absolute Gasteiger partial charge is 0.211 e. The van der Waals surface area contributed by atoms with Crippen molar-refractivity contribution in [3.8, 4) is 0 Å². The fourth-order valence-corrected chi connectivity index (χ4v) is 1.50. The predicted molar refractivity (Wildman–Crippen MR) is 76.4 cm³/mol. The Kier molecular flexibility index (Phi) is 4.55. The second-order valence-electron chi connectivity index (χ2n) is 3.82. The lowest BCUT2D eigenvalue weighted by Crippen LogP contribution is -1.92. The molecule has 0 aliphatic carbocycles. The van der Waals surface area contributed by atoms with Crippen LogP contribution in [0.25, 0.3) is 0 Å². The molecule has 0 saturated heterocycles. The zero-order chi connectivity index (χ0) is 14.2. The Morgan fingerprint density at radius 2 is 1.00 bits per heavy atom. The number of rotatable bonds is 6. The number of azo groups is 1. The van der Waals surface area contributed by atoms with Gasteiger partial charge in [0, 0.05) is 11.4 Å². The maximum atomic E-state index is 10.3. The van der Waals surface area contributed by atoms with Crippen LogP contribution in [0.1, 0.15) is 0 Å². The van der Waals surface area contributed by atoms with Gasteiger partial charge >= 0.3 is 0 Å². The Morgan fingerprint density at radius 1 is 0.650 bits per heavy atom. The molecule has 0 heterocycles. The molecule has 0 spiro atoms. The van der Waals surface area contributed by atoms with Gasteiger partial charge in [-0.2, -0.15) is 10.2 Å². The van der Waals surface area contributed by atoms with E-state index in [1.807, 2.05) is 0 Å². The highest BCUT2D eigenvalue weighted by molar-refractivity contribution is 5.72. The molecule has 2 amide bonds. The minimum atomic E-state index is 0.617. The molecular weight excluding hydrogens is 256 g/mol. The van der Waals surface area contributed by atoms with Crippen LogP contribution in [0.5, 0.6) is 0 Å². The van der Waals surface area contributed by atoms with E-state index in [1.54, 1.807) is 48.5 Å². The highest BCUT2D eigenvalue weighted by Crippen LogP contribution is 2.21. The van der Waals surface area contributed by atoms with Gasteiger partial charge in [0.15, 0.2) is 0 Å². The fourth-order valence-electron chi connectivity index (χ4n) is 1.50. The maximum absolute atomic E-state index is 10.3. The van der Waals surface area contributed by atoms with Crippen molar-refractivity contribution in [1.82, 2.24) is 0 Å². The first-order chi connectivity index (χ1) is 9.81. The number of carbonyl (C=O) groups excluding carboxylic acids is 2. The molecule has 0 saturated carbocycles. The lowest BCUT2D eigenvalue weighted by Gasteiger charge is -1.99. The van der Waals surface area contributed by atoms with Gasteiger partial charge < -0.3 is 10.6 Å². The Labute approximate surface area is 115 Å². The Morgan fingerprint density at radius 3 is 1.30 bits per heavy atom. The Bertz CT molecular complexity index is 551. The van der Waals surface area contributed by atoms with Gasteiger partial charge in [0.1, 0.15) is 0 Å². The third-order valence-electron chi connectivity index (χ3n) is 2.47. The van der Waals surface area contributed by atoms with Crippen LogP contribution in [0.4, 0.5) is 22.7 Å². The molecule has 0 aromatic heterocycles. The van der Waals surface area contributed by atoms with Crippen LogP contribution < -0.4 is 10.6 Å². The van der Waals surface area contributed by atoms with Crippen molar-refractivity contribution in [3.05, 3.63) is 48.5 Å². The molecule has 6 heteroatoms. The van der Waals surface area contributed by atoms with Crippen LogP contribution in [0.3, 0.4) is 0 Å². The summed E-state index contributed by atoms with van der Waals surface area (Å²) in [7, 11) is 0. The number of nitrogens with one attached hydrogen (secondary N) is 2. The monoisotopic (exact) mass is 268 g/mol. The predicted octanol–water partition coefficient (Wildman–Crippen LogP) is 3.24. The van der Waals surface area contributed by atoms with Crippen LogP contribution in [0.2, 0.25) is 0 Å². The number of hydrogen-bond donors (Lipinski definition) is 2. The molecule has 0 aliphatic heterocycles. The average molecular weight is 268 g/mol. The van der Waals surface area contributed by atoms with Crippen LogP contribution >= 0.6 is 0 Å². The highest BCUT2D eigenvalue weighted by atomic mass is 16.1. The first-order valence-electron chi connectivity index (χ1n) is 5.84. The summed E-state index contributed by atoms with van der Waals surface area (Å²) in [5, 5.41) is 13.2. The van der Waals surface area contributed by atoms with E-state index in [0.717, 1.165) is 0 Å². The summed E-state index contributed by atoms with van der Waals surface area (Å²) in [6, 6.07) is 13.9. The molecule has 2 rings (SSSR count). The SMILES string of the molecule is O=CNc1ccc(/N=N/c2ccc(NC=O)cc2)cc1. The van der Waals surface area contributed by atoms with Crippen molar-refractivity contribution >= 4 is 35.6 Å². The largest absolute Gasteiger partial charge is 0.329 e. The molecule has 0 fully saturated rings. The molecule has 0 unspecified atom stereocenters. The van der Waals surface area contributed by atoms with Gasteiger partial charge in [-0.25, -0.2) is 0 Å². The van der Waals surface area contributed by atoms with Crippen LogP contribution in [-0.4, -0.2) is 12.8 Å². The molecule has 0 atom stereocenters. The Balaban J connectivity index is 2.04. The molecule has 100 valence electrons. The first kappa shape index (κ1) is 13.4. The topological polar surface area (TPSA) is 82.9 Å². The standard InChI is InChI=1S/C14H12N4O2/c19-9-15-11-1-5-13(6-2-11)17-18-14-7-3-12(4-8-14)16-10-20/h1-10H,(H,15,19)(H,16,20)/b18-17+. The highest BCUT2D eigenvalue weighted by Gasteiger charge is 1.94. The molecule has 0 bridgehead atoms. The molecule has 0 aliphatic rings.